The minimum absolute atomic E-state index is 0.0303. The molecular formula is C14H13ClN2O5S2. The van der Waals surface area contributed by atoms with Crippen molar-refractivity contribution in [2.75, 3.05) is 19.0 Å². The van der Waals surface area contributed by atoms with Crippen LogP contribution in [-0.2, 0) is 19.6 Å². The topological polar surface area (TPSA) is 102 Å². The second-order valence-electron chi connectivity index (χ2n) is 4.50. The zero-order valence-electron chi connectivity index (χ0n) is 12.4. The molecule has 128 valence electrons. The molecule has 0 fully saturated rings. The van der Waals surface area contributed by atoms with Gasteiger partial charge in [0.15, 0.2) is 0 Å². The number of anilines is 1. The zero-order valence-corrected chi connectivity index (χ0v) is 14.8. The molecule has 1 aromatic heterocycles. The second kappa shape index (κ2) is 7.75. The number of hydrogen-bond acceptors (Lipinski definition) is 6. The Bertz CT molecular complexity index is 846. The molecular weight excluding hydrogens is 376 g/mol. The fourth-order valence-electron chi connectivity index (χ4n) is 1.69. The molecule has 0 aliphatic heterocycles. The van der Waals surface area contributed by atoms with Gasteiger partial charge in [-0.25, -0.2) is 17.9 Å². The molecule has 0 aliphatic rings. The van der Waals surface area contributed by atoms with E-state index in [1.165, 1.54) is 43.5 Å². The fourth-order valence-corrected chi connectivity index (χ4v) is 4.20. The summed E-state index contributed by atoms with van der Waals surface area (Å²) < 4.78 is 31.0. The van der Waals surface area contributed by atoms with Gasteiger partial charge < -0.3 is 10.1 Å². The van der Waals surface area contributed by atoms with Gasteiger partial charge in [-0.2, -0.15) is 0 Å². The van der Waals surface area contributed by atoms with Crippen molar-refractivity contribution in [2.24, 2.45) is 0 Å². The summed E-state index contributed by atoms with van der Waals surface area (Å²) in [6.45, 7) is -0.434. The van der Waals surface area contributed by atoms with Crippen molar-refractivity contribution in [3.8, 4) is 0 Å². The lowest BCUT2D eigenvalue weighted by Crippen LogP contribution is -2.32. The Morgan fingerprint density at radius 3 is 2.38 bits per heavy atom. The van der Waals surface area contributed by atoms with Crippen LogP contribution in [0.5, 0.6) is 0 Å². The first-order chi connectivity index (χ1) is 11.3. The van der Waals surface area contributed by atoms with E-state index in [-0.39, 0.29) is 4.21 Å². The molecule has 0 atom stereocenters. The Balaban J connectivity index is 1.92. The van der Waals surface area contributed by atoms with Crippen LogP contribution >= 0.6 is 22.9 Å². The van der Waals surface area contributed by atoms with Crippen LogP contribution in [0.2, 0.25) is 4.34 Å². The first-order valence-electron chi connectivity index (χ1n) is 6.55. The third-order valence-electron chi connectivity index (χ3n) is 2.83. The molecule has 0 saturated heterocycles. The number of sulfonamides is 1. The van der Waals surface area contributed by atoms with Crippen molar-refractivity contribution < 1.29 is 22.7 Å². The Kier molecular flexibility index (Phi) is 5.94. The maximum Gasteiger partial charge on any atom is 0.337 e. The maximum atomic E-state index is 12.0. The molecule has 0 unspecified atom stereocenters. The summed E-state index contributed by atoms with van der Waals surface area (Å²) in [4.78, 5) is 23.1. The molecule has 10 heteroatoms. The smallest absolute Gasteiger partial charge is 0.337 e. The van der Waals surface area contributed by atoms with Crippen molar-refractivity contribution in [3.63, 3.8) is 0 Å². The van der Waals surface area contributed by atoms with E-state index in [4.69, 9.17) is 11.6 Å². The van der Waals surface area contributed by atoms with Crippen LogP contribution in [0.25, 0.3) is 0 Å². The highest BCUT2D eigenvalue weighted by molar-refractivity contribution is 7.91. The third kappa shape index (κ3) is 4.78. The fraction of sp³-hybridized carbons (Fsp3) is 0.143. The van der Waals surface area contributed by atoms with Gasteiger partial charge in [-0.3, -0.25) is 4.79 Å². The average molecular weight is 389 g/mol. The first kappa shape index (κ1) is 18.4. The number of rotatable bonds is 6. The molecule has 2 rings (SSSR count). The van der Waals surface area contributed by atoms with Crippen LogP contribution in [0.15, 0.2) is 40.6 Å². The van der Waals surface area contributed by atoms with Crippen LogP contribution in [0.3, 0.4) is 0 Å². The highest BCUT2D eigenvalue weighted by Gasteiger charge is 2.17. The van der Waals surface area contributed by atoms with E-state index < -0.39 is 28.4 Å². The number of hydrogen-bond donors (Lipinski definition) is 2. The van der Waals surface area contributed by atoms with Crippen LogP contribution in [0, 0.1) is 0 Å². The van der Waals surface area contributed by atoms with Gasteiger partial charge in [0.25, 0.3) is 10.0 Å². The minimum Gasteiger partial charge on any atom is -0.465 e. The molecule has 0 bridgehead atoms. The summed E-state index contributed by atoms with van der Waals surface area (Å²) in [5, 5.41) is 2.51. The van der Waals surface area contributed by atoms with E-state index in [1.54, 1.807) is 0 Å². The summed E-state index contributed by atoms with van der Waals surface area (Å²) >= 11 is 6.59. The molecule has 2 N–H and O–H groups in total. The lowest BCUT2D eigenvalue weighted by Gasteiger charge is -2.07. The molecule has 0 spiro atoms. The second-order valence-corrected chi connectivity index (χ2v) is 8.21. The molecule has 0 saturated carbocycles. The monoisotopic (exact) mass is 388 g/mol. The molecule has 1 amide bonds. The van der Waals surface area contributed by atoms with Crippen molar-refractivity contribution in [1.82, 2.24) is 4.72 Å². The third-order valence-corrected chi connectivity index (χ3v) is 5.95. The number of halogens is 1. The number of methoxy groups -OCH3 is 1. The number of thiophene rings is 1. The van der Waals surface area contributed by atoms with E-state index in [2.05, 4.69) is 14.8 Å². The van der Waals surface area contributed by atoms with Gasteiger partial charge in [0.2, 0.25) is 5.91 Å². The SMILES string of the molecule is COC(=O)c1ccc(NC(=O)CNS(=O)(=O)c2ccc(Cl)s2)cc1. The van der Waals surface area contributed by atoms with E-state index >= 15 is 0 Å². The summed E-state index contributed by atoms with van der Waals surface area (Å²) in [5.74, 6) is -1.04. The van der Waals surface area contributed by atoms with Crippen molar-refractivity contribution in [3.05, 3.63) is 46.3 Å². The number of benzene rings is 1. The number of carbonyl (C=O) groups is 2. The van der Waals surface area contributed by atoms with Gasteiger partial charge in [-0.05, 0) is 36.4 Å². The van der Waals surface area contributed by atoms with Crippen LogP contribution in [0.1, 0.15) is 10.4 Å². The van der Waals surface area contributed by atoms with Crippen LogP contribution in [-0.4, -0.2) is 33.9 Å². The van der Waals surface area contributed by atoms with E-state index in [0.29, 0.717) is 15.6 Å². The number of nitrogens with one attached hydrogen (secondary N) is 2. The van der Waals surface area contributed by atoms with Gasteiger partial charge in [-0.15, -0.1) is 11.3 Å². The van der Waals surface area contributed by atoms with Gasteiger partial charge >= 0.3 is 5.97 Å². The molecule has 2 aromatic rings. The van der Waals surface area contributed by atoms with Crippen molar-refractivity contribution in [2.45, 2.75) is 4.21 Å². The number of ether oxygens (including phenoxy) is 1. The van der Waals surface area contributed by atoms with E-state index in [0.717, 1.165) is 11.3 Å². The Hall–Kier alpha value is -1.94. The zero-order chi connectivity index (χ0) is 17.7. The number of amides is 1. The van der Waals surface area contributed by atoms with Crippen molar-refractivity contribution in [1.29, 1.82) is 0 Å². The highest BCUT2D eigenvalue weighted by Crippen LogP contribution is 2.25. The predicted molar refractivity (Wildman–Crippen MR) is 90.9 cm³/mol. The minimum atomic E-state index is -3.79. The highest BCUT2D eigenvalue weighted by atomic mass is 35.5. The first-order valence-corrected chi connectivity index (χ1v) is 9.23. The van der Waals surface area contributed by atoms with Gasteiger partial charge in [0.05, 0.1) is 23.6 Å². The average Bonchev–Trinajstić information content (AvgIpc) is 3.00. The lowest BCUT2D eigenvalue weighted by molar-refractivity contribution is -0.115. The normalized spacial score (nSPS) is 11.1. The Morgan fingerprint density at radius 2 is 1.83 bits per heavy atom. The Labute approximate surface area is 147 Å². The summed E-state index contributed by atoms with van der Waals surface area (Å²) in [7, 11) is -2.52. The Morgan fingerprint density at radius 1 is 1.17 bits per heavy atom. The maximum absolute atomic E-state index is 12.0. The quantitative estimate of drug-likeness (QED) is 0.738. The van der Waals surface area contributed by atoms with E-state index in [9.17, 15) is 18.0 Å². The summed E-state index contributed by atoms with van der Waals surface area (Å²) in [6, 6.07) is 8.82. The molecule has 0 radical (unpaired) electrons. The molecule has 0 aliphatic carbocycles. The van der Waals surface area contributed by atoms with Crippen molar-refractivity contribution >= 4 is 50.5 Å². The molecule has 1 heterocycles. The molecule has 24 heavy (non-hydrogen) atoms. The lowest BCUT2D eigenvalue weighted by atomic mass is 10.2. The standard InChI is InChI=1S/C14H13ClN2O5S2/c1-22-14(19)9-2-4-10(5-3-9)17-12(18)8-16-24(20,21)13-7-6-11(15)23-13/h2-7,16H,8H2,1H3,(H,17,18). The van der Waals surface area contributed by atoms with Crippen LogP contribution in [0.4, 0.5) is 5.69 Å². The molecule has 7 nitrogen and oxygen atoms in total. The largest absolute Gasteiger partial charge is 0.465 e. The van der Waals surface area contributed by atoms with Gasteiger partial charge in [-0.1, -0.05) is 11.6 Å². The van der Waals surface area contributed by atoms with Crippen LogP contribution < -0.4 is 10.0 Å². The van der Waals surface area contributed by atoms with Gasteiger partial charge in [0, 0.05) is 5.69 Å². The summed E-state index contributed by atoms with van der Waals surface area (Å²) in [6.07, 6.45) is 0. The summed E-state index contributed by atoms with van der Waals surface area (Å²) in [5.41, 5.74) is 0.761. The predicted octanol–water partition coefficient (Wildman–Crippen LogP) is 2.11. The molecule has 1 aromatic carbocycles. The van der Waals surface area contributed by atoms with Gasteiger partial charge in [0.1, 0.15) is 4.21 Å². The number of carbonyl (C=O) groups excluding carboxylic acids is 2. The van der Waals surface area contributed by atoms with E-state index in [1.807, 2.05) is 0 Å². The number of esters is 1.